The summed E-state index contributed by atoms with van der Waals surface area (Å²) in [6, 6.07) is 0. The lowest BCUT2D eigenvalue weighted by molar-refractivity contribution is 0.207. The summed E-state index contributed by atoms with van der Waals surface area (Å²) in [6.07, 6.45) is 5.23. The van der Waals surface area contributed by atoms with Crippen LogP contribution in [0.5, 0.6) is 0 Å². The highest BCUT2D eigenvalue weighted by atomic mass is 16.6. The fourth-order valence-electron chi connectivity index (χ4n) is 1.16. The second-order valence-electron chi connectivity index (χ2n) is 2.97. The lowest BCUT2D eigenvalue weighted by Crippen LogP contribution is -2.20. The minimum absolute atomic E-state index is 0.0579. The molecule has 0 bridgehead atoms. The average Bonchev–Trinajstić information content (AvgIpc) is 2.63. The van der Waals surface area contributed by atoms with E-state index < -0.39 is 5.60 Å². The molecule has 2 heteroatoms. The molecule has 0 aromatic heterocycles. The monoisotopic (exact) mass is 140 g/mol. The van der Waals surface area contributed by atoms with Gasteiger partial charge in [0.2, 0.25) is 0 Å². The fraction of sp³-hybridized carbons (Fsp3) is 0.750. The third-order valence-corrected chi connectivity index (χ3v) is 1.82. The van der Waals surface area contributed by atoms with E-state index in [9.17, 15) is 0 Å². The Balaban J connectivity index is 2.55. The van der Waals surface area contributed by atoms with Gasteiger partial charge in [0, 0.05) is 0 Å². The quantitative estimate of drug-likeness (QED) is 0.445. The highest BCUT2D eigenvalue weighted by Crippen LogP contribution is 2.40. The maximum absolute atomic E-state index is 8.81. The van der Waals surface area contributed by atoms with Crippen LogP contribution in [-0.2, 0) is 4.74 Å². The zero-order valence-corrected chi connectivity index (χ0v) is 6.29. The molecule has 0 radical (unpaired) electrons. The van der Waals surface area contributed by atoms with E-state index in [-0.39, 0.29) is 12.7 Å². The third-order valence-electron chi connectivity index (χ3n) is 1.82. The second-order valence-corrected chi connectivity index (χ2v) is 2.97. The summed E-state index contributed by atoms with van der Waals surface area (Å²) in [4.78, 5) is 0. The summed E-state index contributed by atoms with van der Waals surface area (Å²) >= 11 is 0. The number of ether oxygens (including phenoxy) is 1. The van der Waals surface area contributed by atoms with Crippen molar-refractivity contribution in [1.29, 1.82) is 0 Å². The average molecular weight is 140 g/mol. The molecular formula is C8H12O2. The van der Waals surface area contributed by atoms with Gasteiger partial charge < -0.3 is 9.84 Å². The molecule has 10 heavy (non-hydrogen) atoms. The minimum atomic E-state index is -0.645. The molecule has 0 spiro atoms. The van der Waals surface area contributed by atoms with Crippen LogP contribution in [0, 0.1) is 18.3 Å². The van der Waals surface area contributed by atoms with E-state index in [0.29, 0.717) is 5.92 Å². The van der Waals surface area contributed by atoms with Crippen molar-refractivity contribution >= 4 is 0 Å². The van der Waals surface area contributed by atoms with Gasteiger partial charge in [0.05, 0.1) is 6.61 Å². The molecule has 56 valence electrons. The Hall–Kier alpha value is -0.520. The molecule has 1 aliphatic heterocycles. The van der Waals surface area contributed by atoms with Gasteiger partial charge in [0.1, 0.15) is 6.10 Å². The minimum Gasteiger partial charge on any atom is -0.392 e. The van der Waals surface area contributed by atoms with E-state index >= 15 is 0 Å². The van der Waals surface area contributed by atoms with Crippen LogP contribution < -0.4 is 0 Å². The summed E-state index contributed by atoms with van der Waals surface area (Å²) in [5.41, 5.74) is -0.645. The van der Waals surface area contributed by atoms with E-state index in [1.54, 1.807) is 0 Å². The van der Waals surface area contributed by atoms with Gasteiger partial charge in [-0.05, 0) is 5.92 Å². The predicted molar refractivity (Wildman–Crippen MR) is 38.4 cm³/mol. The molecule has 2 atom stereocenters. The molecule has 1 saturated heterocycles. The molecule has 1 aliphatic rings. The first-order chi connectivity index (χ1) is 4.66. The Morgan fingerprint density at radius 1 is 1.80 bits per heavy atom. The van der Waals surface area contributed by atoms with Crippen molar-refractivity contribution in [2.24, 2.45) is 5.92 Å². The normalized spacial score (nSPS) is 37.7. The van der Waals surface area contributed by atoms with Crippen molar-refractivity contribution in [2.45, 2.75) is 25.6 Å². The molecule has 0 saturated carbocycles. The number of aliphatic hydroxyl groups is 1. The zero-order chi connectivity index (χ0) is 7.78. The molecule has 1 fully saturated rings. The van der Waals surface area contributed by atoms with Crippen LogP contribution >= 0.6 is 0 Å². The van der Waals surface area contributed by atoms with E-state index in [4.69, 9.17) is 16.3 Å². The van der Waals surface area contributed by atoms with Gasteiger partial charge in [-0.3, -0.25) is 0 Å². The number of terminal acetylenes is 1. The summed E-state index contributed by atoms with van der Waals surface area (Å²) in [5.74, 6) is 2.85. The van der Waals surface area contributed by atoms with Crippen molar-refractivity contribution < 1.29 is 9.84 Å². The van der Waals surface area contributed by atoms with Gasteiger partial charge >= 0.3 is 0 Å². The lowest BCUT2D eigenvalue weighted by Gasteiger charge is -2.01. The second kappa shape index (κ2) is 2.26. The Bertz CT molecular complexity index is 169. The number of hydrogen-bond donors (Lipinski definition) is 1. The van der Waals surface area contributed by atoms with Crippen molar-refractivity contribution in [3.8, 4) is 12.3 Å². The Morgan fingerprint density at radius 3 is 2.50 bits per heavy atom. The van der Waals surface area contributed by atoms with Crippen LogP contribution in [0.1, 0.15) is 13.8 Å². The van der Waals surface area contributed by atoms with Crippen LogP contribution in [0.15, 0.2) is 0 Å². The molecule has 1 rings (SSSR count). The van der Waals surface area contributed by atoms with Crippen LogP contribution in [-0.4, -0.2) is 23.4 Å². The van der Waals surface area contributed by atoms with E-state index in [1.165, 1.54) is 0 Å². The first kappa shape index (κ1) is 7.59. The standard InChI is InChI=1S/C8H12O2/c1-4-8(5-9)7(10-8)6(2)3/h1,6-7,9H,5H2,2-3H3/t7-,8-/m0/s1. The SMILES string of the molecule is C#C[C@@]1(CO)O[C@H]1C(C)C. The summed E-state index contributed by atoms with van der Waals surface area (Å²) in [5, 5.41) is 8.81. The lowest BCUT2D eigenvalue weighted by atomic mass is 9.99. The van der Waals surface area contributed by atoms with Gasteiger partial charge in [0.25, 0.3) is 0 Å². The van der Waals surface area contributed by atoms with Crippen LogP contribution in [0.2, 0.25) is 0 Å². The third kappa shape index (κ3) is 0.920. The van der Waals surface area contributed by atoms with E-state index in [0.717, 1.165) is 0 Å². The number of hydrogen-bond acceptors (Lipinski definition) is 2. The summed E-state index contributed by atoms with van der Waals surface area (Å²) < 4.78 is 5.18. The van der Waals surface area contributed by atoms with Crippen molar-refractivity contribution in [3.05, 3.63) is 0 Å². The van der Waals surface area contributed by atoms with Crippen molar-refractivity contribution in [1.82, 2.24) is 0 Å². The first-order valence-corrected chi connectivity index (χ1v) is 3.42. The summed E-state index contributed by atoms with van der Waals surface area (Å²) in [7, 11) is 0. The maximum Gasteiger partial charge on any atom is 0.177 e. The van der Waals surface area contributed by atoms with Gasteiger partial charge in [-0.1, -0.05) is 19.8 Å². The maximum atomic E-state index is 8.81. The van der Waals surface area contributed by atoms with E-state index in [1.807, 2.05) is 13.8 Å². The van der Waals surface area contributed by atoms with Gasteiger partial charge in [-0.2, -0.15) is 0 Å². The molecule has 1 N–H and O–H groups in total. The number of rotatable bonds is 2. The molecule has 0 aliphatic carbocycles. The smallest absolute Gasteiger partial charge is 0.177 e. The largest absolute Gasteiger partial charge is 0.392 e. The van der Waals surface area contributed by atoms with Crippen LogP contribution in [0.25, 0.3) is 0 Å². The Kier molecular flexibility index (Phi) is 1.72. The molecule has 0 amide bonds. The topological polar surface area (TPSA) is 32.8 Å². The van der Waals surface area contributed by atoms with Gasteiger partial charge in [-0.15, -0.1) is 6.42 Å². The Labute approximate surface area is 61.2 Å². The highest BCUT2D eigenvalue weighted by Gasteiger charge is 2.56. The zero-order valence-electron chi connectivity index (χ0n) is 6.29. The molecule has 2 nitrogen and oxygen atoms in total. The highest BCUT2D eigenvalue weighted by molar-refractivity contribution is 5.22. The van der Waals surface area contributed by atoms with E-state index in [2.05, 4.69) is 5.92 Å². The summed E-state index contributed by atoms with van der Waals surface area (Å²) in [6.45, 7) is 3.99. The Morgan fingerprint density at radius 2 is 2.40 bits per heavy atom. The molecule has 1 heterocycles. The molecule has 0 unspecified atom stereocenters. The molecule has 0 aromatic carbocycles. The van der Waals surface area contributed by atoms with Crippen molar-refractivity contribution in [3.63, 3.8) is 0 Å². The van der Waals surface area contributed by atoms with Gasteiger partial charge in [-0.25, -0.2) is 0 Å². The number of epoxide rings is 1. The predicted octanol–water partition coefficient (Wildman–Crippen LogP) is 0.405. The fourth-order valence-corrected chi connectivity index (χ4v) is 1.16. The van der Waals surface area contributed by atoms with Crippen LogP contribution in [0.4, 0.5) is 0 Å². The molecular weight excluding hydrogens is 128 g/mol. The first-order valence-electron chi connectivity index (χ1n) is 3.42. The van der Waals surface area contributed by atoms with Crippen molar-refractivity contribution in [2.75, 3.05) is 6.61 Å². The van der Waals surface area contributed by atoms with Crippen LogP contribution in [0.3, 0.4) is 0 Å². The van der Waals surface area contributed by atoms with Gasteiger partial charge in [0.15, 0.2) is 5.60 Å². The number of aliphatic hydroxyl groups excluding tert-OH is 1. The molecule has 0 aromatic rings.